The fraction of sp³-hybridized carbons (Fsp3) is 0.462. The van der Waals surface area contributed by atoms with Crippen molar-refractivity contribution in [2.75, 3.05) is 18.5 Å². The number of nitrogens with two attached hydrogens (primary N) is 1. The largest absolute Gasteiger partial charge is 0.330 e. The van der Waals surface area contributed by atoms with Crippen LogP contribution in [0.15, 0.2) is 18.2 Å². The van der Waals surface area contributed by atoms with E-state index in [9.17, 15) is 4.79 Å². The highest BCUT2D eigenvalue weighted by molar-refractivity contribution is 5.94. The molecular formula is C13H20N2O. The molecule has 1 aromatic carbocycles. The van der Waals surface area contributed by atoms with Gasteiger partial charge in [0.2, 0.25) is 5.91 Å². The number of hydrogen-bond donors (Lipinski definition) is 1. The summed E-state index contributed by atoms with van der Waals surface area (Å²) in [7, 11) is 1.79. The molecule has 1 atom stereocenters. The van der Waals surface area contributed by atoms with Crippen LogP contribution in [-0.4, -0.2) is 19.5 Å². The van der Waals surface area contributed by atoms with Crippen molar-refractivity contribution in [2.45, 2.75) is 20.8 Å². The molecule has 3 heteroatoms. The van der Waals surface area contributed by atoms with Gasteiger partial charge in [0.25, 0.3) is 0 Å². The van der Waals surface area contributed by atoms with Crippen molar-refractivity contribution in [1.82, 2.24) is 0 Å². The quantitative estimate of drug-likeness (QED) is 0.845. The number of aryl methyl sites for hydroxylation is 2. The molecule has 0 aromatic heterocycles. The molecule has 0 aliphatic rings. The second-order valence-corrected chi connectivity index (χ2v) is 4.38. The zero-order valence-corrected chi connectivity index (χ0v) is 10.4. The fourth-order valence-corrected chi connectivity index (χ4v) is 1.70. The van der Waals surface area contributed by atoms with Crippen LogP contribution in [0.1, 0.15) is 18.1 Å². The third-order valence-electron chi connectivity index (χ3n) is 2.70. The summed E-state index contributed by atoms with van der Waals surface area (Å²) in [5.74, 6) is -0.0710. The molecule has 0 heterocycles. The maximum Gasteiger partial charge on any atom is 0.230 e. The Balaban J connectivity index is 2.95. The molecule has 0 radical (unpaired) electrons. The smallest absolute Gasteiger partial charge is 0.230 e. The Kier molecular flexibility index (Phi) is 4.07. The predicted molar refractivity (Wildman–Crippen MR) is 67.5 cm³/mol. The van der Waals surface area contributed by atoms with Gasteiger partial charge in [-0.25, -0.2) is 0 Å². The van der Waals surface area contributed by atoms with Crippen LogP contribution in [0.3, 0.4) is 0 Å². The van der Waals surface area contributed by atoms with E-state index in [4.69, 9.17) is 5.73 Å². The summed E-state index contributed by atoms with van der Waals surface area (Å²) in [6.07, 6.45) is 0. The number of rotatable bonds is 3. The number of carbonyl (C=O) groups is 1. The predicted octanol–water partition coefficient (Wildman–Crippen LogP) is 1.86. The number of benzene rings is 1. The minimum Gasteiger partial charge on any atom is -0.330 e. The van der Waals surface area contributed by atoms with Gasteiger partial charge >= 0.3 is 0 Å². The Bertz CT molecular complexity index is 367. The van der Waals surface area contributed by atoms with Crippen LogP contribution in [-0.2, 0) is 4.79 Å². The van der Waals surface area contributed by atoms with E-state index in [1.54, 1.807) is 11.9 Å². The van der Waals surface area contributed by atoms with Crippen molar-refractivity contribution in [1.29, 1.82) is 0 Å². The lowest BCUT2D eigenvalue weighted by atomic mass is 10.1. The maximum absolute atomic E-state index is 11.9. The lowest BCUT2D eigenvalue weighted by Crippen LogP contribution is -2.35. The topological polar surface area (TPSA) is 46.3 Å². The van der Waals surface area contributed by atoms with Gasteiger partial charge in [-0.15, -0.1) is 0 Å². The highest BCUT2D eigenvalue weighted by atomic mass is 16.2. The number of carbonyl (C=O) groups excluding carboxylic acids is 1. The third-order valence-corrected chi connectivity index (χ3v) is 2.70. The van der Waals surface area contributed by atoms with E-state index in [1.807, 2.05) is 32.9 Å². The van der Waals surface area contributed by atoms with Crippen LogP contribution in [0.5, 0.6) is 0 Å². The Morgan fingerprint density at radius 2 is 1.81 bits per heavy atom. The van der Waals surface area contributed by atoms with E-state index >= 15 is 0 Å². The maximum atomic E-state index is 11.9. The van der Waals surface area contributed by atoms with Gasteiger partial charge in [0.05, 0.1) is 0 Å². The SMILES string of the molecule is Cc1cc(C)cc(N(C)C(=O)C(C)CN)c1. The van der Waals surface area contributed by atoms with Crippen molar-refractivity contribution < 1.29 is 4.79 Å². The molecule has 0 spiro atoms. The number of nitrogens with zero attached hydrogens (tertiary/aromatic N) is 1. The summed E-state index contributed by atoms with van der Waals surface area (Å²) in [6.45, 7) is 6.29. The standard InChI is InChI=1S/C13H20N2O/c1-9-5-10(2)7-12(6-9)15(4)13(16)11(3)8-14/h5-7,11H,8,14H2,1-4H3. The molecule has 0 aliphatic carbocycles. The highest BCUT2D eigenvalue weighted by Crippen LogP contribution is 2.18. The molecule has 1 unspecified atom stereocenters. The molecule has 88 valence electrons. The minimum atomic E-state index is -0.134. The Labute approximate surface area is 97.2 Å². The van der Waals surface area contributed by atoms with Crippen LogP contribution in [0.4, 0.5) is 5.69 Å². The first-order valence-corrected chi connectivity index (χ1v) is 5.51. The van der Waals surface area contributed by atoms with E-state index < -0.39 is 0 Å². The molecule has 0 saturated heterocycles. The van der Waals surface area contributed by atoms with E-state index in [1.165, 1.54) is 0 Å². The van der Waals surface area contributed by atoms with Gasteiger partial charge in [-0.2, -0.15) is 0 Å². The van der Waals surface area contributed by atoms with Gasteiger partial charge < -0.3 is 10.6 Å². The van der Waals surface area contributed by atoms with E-state index in [0.29, 0.717) is 6.54 Å². The lowest BCUT2D eigenvalue weighted by molar-refractivity contribution is -0.121. The molecule has 2 N–H and O–H groups in total. The molecule has 3 nitrogen and oxygen atoms in total. The first kappa shape index (κ1) is 12.7. The summed E-state index contributed by atoms with van der Waals surface area (Å²) >= 11 is 0. The van der Waals surface area contributed by atoms with Gasteiger partial charge in [0.1, 0.15) is 0 Å². The number of amides is 1. The van der Waals surface area contributed by atoms with Crippen LogP contribution in [0.2, 0.25) is 0 Å². The molecule has 0 bridgehead atoms. The average Bonchev–Trinajstić information content (AvgIpc) is 2.24. The van der Waals surface area contributed by atoms with Gasteiger partial charge in [-0.05, 0) is 37.1 Å². The van der Waals surface area contributed by atoms with Gasteiger partial charge in [0.15, 0.2) is 0 Å². The summed E-state index contributed by atoms with van der Waals surface area (Å²) in [4.78, 5) is 13.6. The summed E-state index contributed by atoms with van der Waals surface area (Å²) in [6, 6.07) is 6.11. The normalized spacial score (nSPS) is 12.3. The molecule has 16 heavy (non-hydrogen) atoms. The third kappa shape index (κ3) is 2.83. The minimum absolute atomic E-state index is 0.0625. The first-order chi connectivity index (χ1) is 7.45. The van der Waals surface area contributed by atoms with Crippen LogP contribution < -0.4 is 10.6 Å². The molecule has 0 aliphatic heterocycles. The second-order valence-electron chi connectivity index (χ2n) is 4.38. The number of hydrogen-bond acceptors (Lipinski definition) is 2. The summed E-state index contributed by atoms with van der Waals surface area (Å²) in [5.41, 5.74) is 8.76. The van der Waals surface area contributed by atoms with Crippen LogP contribution >= 0.6 is 0 Å². The number of anilines is 1. The van der Waals surface area contributed by atoms with Gasteiger partial charge in [0, 0.05) is 25.2 Å². The first-order valence-electron chi connectivity index (χ1n) is 5.51. The van der Waals surface area contributed by atoms with E-state index in [0.717, 1.165) is 16.8 Å². The van der Waals surface area contributed by atoms with Crippen LogP contribution in [0, 0.1) is 19.8 Å². The van der Waals surface area contributed by atoms with Crippen molar-refractivity contribution in [3.8, 4) is 0 Å². The van der Waals surface area contributed by atoms with E-state index in [2.05, 4.69) is 6.07 Å². The zero-order valence-electron chi connectivity index (χ0n) is 10.4. The molecule has 1 rings (SSSR count). The summed E-state index contributed by atoms with van der Waals surface area (Å²) < 4.78 is 0. The zero-order chi connectivity index (χ0) is 12.3. The van der Waals surface area contributed by atoms with Gasteiger partial charge in [-0.1, -0.05) is 13.0 Å². The molecular weight excluding hydrogens is 200 g/mol. The average molecular weight is 220 g/mol. The Hall–Kier alpha value is -1.35. The van der Waals surface area contributed by atoms with Crippen molar-refractivity contribution in [2.24, 2.45) is 11.7 Å². The highest BCUT2D eigenvalue weighted by Gasteiger charge is 2.17. The molecule has 0 saturated carbocycles. The molecule has 0 fully saturated rings. The summed E-state index contributed by atoms with van der Waals surface area (Å²) in [5, 5.41) is 0. The van der Waals surface area contributed by atoms with Crippen LogP contribution in [0.25, 0.3) is 0 Å². The van der Waals surface area contributed by atoms with Crippen molar-refractivity contribution >= 4 is 11.6 Å². The van der Waals surface area contributed by atoms with Crippen molar-refractivity contribution in [3.63, 3.8) is 0 Å². The van der Waals surface area contributed by atoms with E-state index in [-0.39, 0.29) is 11.8 Å². The monoisotopic (exact) mass is 220 g/mol. The second kappa shape index (κ2) is 5.12. The van der Waals surface area contributed by atoms with Gasteiger partial charge in [-0.3, -0.25) is 4.79 Å². The fourth-order valence-electron chi connectivity index (χ4n) is 1.70. The Morgan fingerprint density at radius 1 is 1.31 bits per heavy atom. The van der Waals surface area contributed by atoms with Crippen molar-refractivity contribution in [3.05, 3.63) is 29.3 Å². The molecule has 1 aromatic rings. The lowest BCUT2D eigenvalue weighted by Gasteiger charge is -2.21. The molecule has 1 amide bonds. The Morgan fingerprint density at radius 3 is 2.25 bits per heavy atom.